The number of pyridine rings is 1. The summed E-state index contributed by atoms with van der Waals surface area (Å²) in [6.45, 7) is 4.70. The van der Waals surface area contributed by atoms with E-state index < -0.39 is 0 Å². The fourth-order valence-electron chi connectivity index (χ4n) is 0.964. The van der Waals surface area contributed by atoms with E-state index in [1.54, 1.807) is 6.20 Å². The molecule has 0 fully saturated rings. The molecule has 1 aromatic heterocycles. The van der Waals surface area contributed by atoms with Crippen molar-refractivity contribution in [1.29, 1.82) is 0 Å². The molecule has 1 heterocycles. The lowest BCUT2D eigenvalue weighted by Gasteiger charge is -2.08. The van der Waals surface area contributed by atoms with Gasteiger partial charge in [-0.3, -0.25) is 0 Å². The number of rotatable bonds is 4. The summed E-state index contributed by atoms with van der Waals surface area (Å²) < 4.78 is 5.47. The van der Waals surface area contributed by atoms with Crippen molar-refractivity contribution >= 4 is 5.82 Å². The summed E-state index contributed by atoms with van der Waals surface area (Å²) in [6.07, 6.45) is 2.05. The van der Waals surface area contributed by atoms with E-state index in [-0.39, 0.29) is 6.10 Å². The quantitative estimate of drug-likeness (QED) is 0.770. The summed E-state index contributed by atoms with van der Waals surface area (Å²) >= 11 is 0. The summed E-state index contributed by atoms with van der Waals surface area (Å²) in [7, 11) is 1.86. The van der Waals surface area contributed by atoms with Gasteiger partial charge in [0.2, 0.25) is 0 Å². The van der Waals surface area contributed by atoms with E-state index in [0.717, 1.165) is 11.4 Å². The average molecular weight is 180 g/mol. The predicted molar refractivity (Wildman–Crippen MR) is 53.7 cm³/mol. The van der Waals surface area contributed by atoms with Crippen molar-refractivity contribution in [3.05, 3.63) is 23.9 Å². The van der Waals surface area contributed by atoms with Crippen LogP contribution in [0.25, 0.3) is 0 Å². The maximum Gasteiger partial charge on any atom is 0.125 e. The van der Waals surface area contributed by atoms with Crippen molar-refractivity contribution in [3.8, 4) is 0 Å². The van der Waals surface area contributed by atoms with Crippen LogP contribution in [0, 0.1) is 0 Å². The number of hydrogen-bond donors (Lipinski definition) is 1. The Labute approximate surface area is 79.1 Å². The summed E-state index contributed by atoms with van der Waals surface area (Å²) in [5.74, 6) is 0.879. The normalized spacial score (nSPS) is 10.5. The number of anilines is 1. The van der Waals surface area contributed by atoms with Crippen molar-refractivity contribution in [2.45, 2.75) is 26.6 Å². The van der Waals surface area contributed by atoms with Crippen molar-refractivity contribution < 1.29 is 4.74 Å². The Morgan fingerprint density at radius 1 is 1.54 bits per heavy atom. The highest BCUT2D eigenvalue weighted by Gasteiger charge is 1.97. The van der Waals surface area contributed by atoms with Crippen molar-refractivity contribution in [2.24, 2.45) is 0 Å². The highest BCUT2D eigenvalue weighted by Crippen LogP contribution is 2.07. The van der Waals surface area contributed by atoms with Crippen LogP contribution in [-0.2, 0) is 11.3 Å². The van der Waals surface area contributed by atoms with Gasteiger partial charge in [0.25, 0.3) is 0 Å². The molecule has 0 saturated heterocycles. The van der Waals surface area contributed by atoms with Gasteiger partial charge >= 0.3 is 0 Å². The Morgan fingerprint density at radius 3 is 2.92 bits per heavy atom. The summed E-state index contributed by atoms with van der Waals surface area (Å²) in [4.78, 5) is 4.12. The minimum Gasteiger partial charge on any atom is -0.374 e. The molecule has 0 aromatic carbocycles. The highest BCUT2D eigenvalue weighted by atomic mass is 16.5. The lowest BCUT2D eigenvalue weighted by molar-refractivity contribution is 0.0657. The fraction of sp³-hybridized carbons (Fsp3) is 0.500. The van der Waals surface area contributed by atoms with Crippen molar-refractivity contribution in [2.75, 3.05) is 12.4 Å². The lowest BCUT2D eigenvalue weighted by Crippen LogP contribution is -2.03. The molecule has 3 heteroatoms. The SMILES string of the molecule is CNc1cc(COC(C)C)ccn1. The minimum atomic E-state index is 0.270. The Kier molecular flexibility index (Phi) is 3.71. The number of nitrogens with zero attached hydrogens (tertiary/aromatic N) is 1. The molecule has 0 aliphatic carbocycles. The number of aromatic nitrogens is 1. The van der Waals surface area contributed by atoms with Gasteiger partial charge in [-0.1, -0.05) is 0 Å². The topological polar surface area (TPSA) is 34.1 Å². The third-order valence-corrected chi connectivity index (χ3v) is 1.66. The Hall–Kier alpha value is -1.09. The first-order valence-electron chi connectivity index (χ1n) is 4.46. The molecule has 0 aliphatic heterocycles. The van der Waals surface area contributed by atoms with Crippen molar-refractivity contribution in [3.63, 3.8) is 0 Å². The van der Waals surface area contributed by atoms with E-state index in [4.69, 9.17) is 4.74 Å². The predicted octanol–water partition coefficient (Wildman–Crippen LogP) is 2.05. The zero-order chi connectivity index (χ0) is 9.68. The van der Waals surface area contributed by atoms with Crippen LogP contribution in [0.5, 0.6) is 0 Å². The van der Waals surface area contributed by atoms with Crippen LogP contribution in [0.2, 0.25) is 0 Å². The molecule has 0 spiro atoms. The number of hydrogen-bond acceptors (Lipinski definition) is 3. The van der Waals surface area contributed by atoms with Crippen molar-refractivity contribution in [1.82, 2.24) is 4.98 Å². The molecule has 0 radical (unpaired) electrons. The second-order valence-corrected chi connectivity index (χ2v) is 3.16. The smallest absolute Gasteiger partial charge is 0.125 e. The molecule has 0 aliphatic rings. The van der Waals surface area contributed by atoms with E-state index in [0.29, 0.717) is 6.61 Å². The van der Waals surface area contributed by atoms with Gasteiger partial charge in [0.05, 0.1) is 12.7 Å². The van der Waals surface area contributed by atoms with Gasteiger partial charge in [-0.05, 0) is 31.5 Å². The van der Waals surface area contributed by atoms with E-state index in [9.17, 15) is 0 Å². The molecule has 1 N–H and O–H groups in total. The van der Waals surface area contributed by atoms with Gasteiger partial charge in [-0.15, -0.1) is 0 Å². The average Bonchev–Trinajstić information content (AvgIpc) is 2.15. The van der Waals surface area contributed by atoms with Gasteiger partial charge in [0, 0.05) is 13.2 Å². The van der Waals surface area contributed by atoms with Crippen LogP contribution in [0.1, 0.15) is 19.4 Å². The van der Waals surface area contributed by atoms with Crippen LogP contribution in [0.3, 0.4) is 0 Å². The molecule has 1 aromatic rings. The van der Waals surface area contributed by atoms with E-state index in [2.05, 4.69) is 10.3 Å². The first-order valence-corrected chi connectivity index (χ1v) is 4.46. The number of ether oxygens (including phenoxy) is 1. The summed E-state index contributed by atoms with van der Waals surface area (Å²) in [6, 6.07) is 3.95. The molecule has 0 amide bonds. The maximum absolute atomic E-state index is 5.47. The lowest BCUT2D eigenvalue weighted by atomic mass is 10.3. The Bertz CT molecular complexity index is 261. The zero-order valence-corrected chi connectivity index (χ0v) is 8.37. The second kappa shape index (κ2) is 4.82. The molecular formula is C10H16N2O. The third-order valence-electron chi connectivity index (χ3n) is 1.66. The summed E-state index contributed by atoms with van der Waals surface area (Å²) in [5.41, 5.74) is 1.15. The monoisotopic (exact) mass is 180 g/mol. The van der Waals surface area contributed by atoms with Crippen LogP contribution >= 0.6 is 0 Å². The molecule has 0 unspecified atom stereocenters. The minimum absolute atomic E-state index is 0.270. The van der Waals surface area contributed by atoms with Crippen LogP contribution in [0.4, 0.5) is 5.82 Å². The molecule has 0 saturated carbocycles. The van der Waals surface area contributed by atoms with Gasteiger partial charge < -0.3 is 10.1 Å². The Morgan fingerprint density at radius 2 is 2.31 bits per heavy atom. The van der Waals surface area contributed by atoms with E-state index >= 15 is 0 Å². The molecule has 0 bridgehead atoms. The standard InChI is InChI=1S/C10H16N2O/c1-8(2)13-7-9-4-5-12-10(6-9)11-3/h4-6,8H,7H2,1-3H3,(H,11,12). The molecule has 72 valence electrons. The largest absolute Gasteiger partial charge is 0.374 e. The fourth-order valence-corrected chi connectivity index (χ4v) is 0.964. The summed E-state index contributed by atoms with van der Waals surface area (Å²) in [5, 5.41) is 2.99. The van der Waals surface area contributed by atoms with Crippen LogP contribution in [0.15, 0.2) is 18.3 Å². The van der Waals surface area contributed by atoms with E-state index in [1.165, 1.54) is 0 Å². The highest BCUT2D eigenvalue weighted by molar-refractivity contribution is 5.36. The first-order chi connectivity index (χ1) is 6.22. The Balaban J connectivity index is 2.56. The number of nitrogens with one attached hydrogen (secondary N) is 1. The van der Waals surface area contributed by atoms with Gasteiger partial charge in [-0.25, -0.2) is 4.98 Å². The van der Waals surface area contributed by atoms with E-state index in [1.807, 2.05) is 33.0 Å². The third kappa shape index (κ3) is 3.42. The van der Waals surface area contributed by atoms with Gasteiger partial charge in [-0.2, -0.15) is 0 Å². The molecule has 3 nitrogen and oxygen atoms in total. The van der Waals surface area contributed by atoms with Gasteiger partial charge in [0.1, 0.15) is 5.82 Å². The molecule has 13 heavy (non-hydrogen) atoms. The molecule has 1 rings (SSSR count). The van der Waals surface area contributed by atoms with Crippen LogP contribution in [-0.4, -0.2) is 18.1 Å². The second-order valence-electron chi connectivity index (χ2n) is 3.16. The molecular weight excluding hydrogens is 164 g/mol. The first kappa shape index (κ1) is 9.99. The molecule has 0 atom stereocenters. The van der Waals surface area contributed by atoms with Crippen LogP contribution < -0.4 is 5.32 Å². The maximum atomic E-state index is 5.47. The zero-order valence-electron chi connectivity index (χ0n) is 8.37. The van der Waals surface area contributed by atoms with Gasteiger partial charge in [0.15, 0.2) is 0 Å².